The molecule has 0 spiro atoms. The normalized spacial score (nSPS) is 11.7. The lowest BCUT2D eigenvalue weighted by atomic mass is 10.2. The van der Waals surface area contributed by atoms with Gasteiger partial charge in [0.25, 0.3) is 0 Å². The predicted molar refractivity (Wildman–Crippen MR) is 82.8 cm³/mol. The van der Waals surface area contributed by atoms with Gasteiger partial charge in [-0.2, -0.15) is 4.31 Å². The van der Waals surface area contributed by atoms with Crippen LogP contribution >= 0.6 is 0 Å². The zero-order valence-electron chi connectivity index (χ0n) is 12.7. The van der Waals surface area contributed by atoms with Crippen LogP contribution in [0.3, 0.4) is 0 Å². The Bertz CT molecular complexity index is 757. The van der Waals surface area contributed by atoms with Gasteiger partial charge >= 0.3 is 0 Å². The molecule has 4 nitrogen and oxygen atoms in total. The fraction of sp³-hybridized carbons (Fsp3) is 0.250. The molecule has 118 valence electrons. The number of benzene rings is 2. The van der Waals surface area contributed by atoms with Crippen molar-refractivity contribution in [3.63, 3.8) is 0 Å². The maximum atomic E-state index is 12.9. The van der Waals surface area contributed by atoms with Crippen LogP contribution in [0.4, 0.5) is 4.39 Å². The van der Waals surface area contributed by atoms with Crippen molar-refractivity contribution in [2.24, 2.45) is 0 Å². The monoisotopic (exact) mass is 323 g/mol. The van der Waals surface area contributed by atoms with E-state index < -0.39 is 10.0 Å². The molecule has 0 heterocycles. The Morgan fingerprint density at radius 2 is 1.77 bits per heavy atom. The first-order valence-corrected chi connectivity index (χ1v) is 8.14. The summed E-state index contributed by atoms with van der Waals surface area (Å²) in [4.78, 5) is 0.125. The van der Waals surface area contributed by atoms with Gasteiger partial charge in [0, 0.05) is 13.6 Å². The fourth-order valence-corrected chi connectivity index (χ4v) is 3.48. The molecule has 2 rings (SSSR count). The van der Waals surface area contributed by atoms with Gasteiger partial charge in [0.1, 0.15) is 16.5 Å². The molecule has 0 unspecified atom stereocenters. The van der Waals surface area contributed by atoms with Crippen LogP contribution in [0.5, 0.6) is 5.75 Å². The molecule has 0 radical (unpaired) electrons. The maximum Gasteiger partial charge on any atom is 0.246 e. The number of ether oxygens (including phenoxy) is 1. The Labute approximate surface area is 130 Å². The molecular weight excluding hydrogens is 305 g/mol. The van der Waals surface area contributed by atoms with E-state index in [1.807, 2.05) is 6.92 Å². The summed E-state index contributed by atoms with van der Waals surface area (Å²) in [6.45, 7) is 1.97. The van der Waals surface area contributed by atoms with Crippen LogP contribution in [0.2, 0.25) is 0 Å². The standard InChI is InChI=1S/C16H18FNO3S/c1-12-4-9-15(21-3)16(10-12)22(19,20)18(2)11-13-5-7-14(17)8-6-13/h4-10H,11H2,1-3H3. The smallest absolute Gasteiger partial charge is 0.246 e. The summed E-state index contributed by atoms with van der Waals surface area (Å²) in [6, 6.07) is 10.7. The Morgan fingerprint density at radius 1 is 1.14 bits per heavy atom. The molecule has 0 aliphatic rings. The minimum atomic E-state index is -3.70. The van der Waals surface area contributed by atoms with E-state index in [2.05, 4.69) is 0 Å². The summed E-state index contributed by atoms with van der Waals surface area (Å²) in [7, 11) is -0.777. The second-order valence-electron chi connectivity index (χ2n) is 5.04. The molecule has 0 saturated carbocycles. The molecule has 2 aromatic rings. The van der Waals surface area contributed by atoms with Crippen molar-refractivity contribution >= 4 is 10.0 Å². The van der Waals surface area contributed by atoms with Gasteiger partial charge in [0.2, 0.25) is 10.0 Å². The van der Waals surface area contributed by atoms with Crippen molar-refractivity contribution in [3.05, 3.63) is 59.4 Å². The highest BCUT2D eigenvalue weighted by atomic mass is 32.2. The molecule has 0 bridgehead atoms. The zero-order valence-corrected chi connectivity index (χ0v) is 13.5. The molecule has 0 aliphatic carbocycles. The highest BCUT2D eigenvalue weighted by Crippen LogP contribution is 2.27. The van der Waals surface area contributed by atoms with Crippen LogP contribution in [0, 0.1) is 12.7 Å². The predicted octanol–water partition coefficient (Wildman–Crippen LogP) is 2.96. The zero-order chi connectivity index (χ0) is 16.3. The van der Waals surface area contributed by atoms with Gasteiger partial charge in [0.15, 0.2) is 0 Å². The number of aryl methyl sites for hydroxylation is 1. The lowest BCUT2D eigenvalue weighted by Crippen LogP contribution is -2.27. The first-order valence-electron chi connectivity index (χ1n) is 6.70. The van der Waals surface area contributed by atoms with Crippen LogP contribution in [-0.4, -0.2) is 26.9 Å². The maximum absolute atomic E-state index is 12.9. The average molecular weight is 323 g/mol. The van der Waals surface area contributed by atoms with Gasteiger partial charge in [-0.25, -0.2) is 12.8 Å². The number of sulfonamides is 1. The van der Waals surface area contributed by atoms with Gasteiger partial charge in [-0.1, -0.05) is 18.2 Å². The van der Waals surface area contributed by atoms with Crippen molar-refractivity contribution in [1.82, 2.24) is 4.31 Å². The molecule has 0 saturated heterocycles. The quantitative estimate of drug-likeness (QED) is 0.850. The first-order chi connectivity index (χ1) is 10.3. The topological polar surface area (TPSA) is 46.6 Å². The number of rotatable bonds is 5. The highest BCUT2D eigenvalue weighted by Gasteiger charge is 2.25. The Hall–Kier alpha value is -1.92. The van der Waals surface area contributed by atoms with Gasteiger partial charge < -0.3 is 4.74 Å². The number of hydrogen-bond acceptors (Lipinski definition) is 3. The van der Waals surface area contributed by atoms with E-state index in [1.54, 1.807) is 30.3 Å². The van der Waals surface area contributed by atoms with Crippen LogP contribution in [-0.2, 0) is 16.6 Å². The number of nitrogens with zero attached hydrogens (tertiary/aromatic N) is 1. The van der Waals surface area contributed by atoms with E-state index in [4.69, 9.17) is 4.74 Å². The second kappa shape index (κ2) is 6.46. The molecule has 0 atom stereocenters. The van der Waals surface area contributed by atoms with E-state index >= 15 is 0 Å². The van der Waals surface area contributed by atoms with Crippen LogP contribution in [0.25, 0.3) is 0 Å². The minimum absolute atomic E-state index is 0.125. The number of methoxy groups -OCH3 is 1. The summed E-state index contributed by atoms with van der Waals surface area (Å²) >= 11 is 0. The van der Waals surface area contributed by atoms with E-state index in [1.165, 1.54) is 30.6 Å². The lowest BCUT2D eigenvalue weighted by molar-refractivity contribution is 0.397. The third kappa shape index (κ3) is 3.45. The van der Waals surface area contributed by atoms with Gasteiger partial charge in [0.05, 0.1) is 7.11 Å². The van der Waals surface area contributed by atoms with E-state index in [0.717, 1.165) is 5.56 Å². The van der Waals surface area contributed by atoms with Gasteiger partial charge in [-0.3, -0.25) is 0 Å². The Balaban J connectivity index is 2.33. The van der Waals surface area contributed by atoms with Crippen molar-refractivity contribution in [2.45, 2.75) is 18.4 Å². The van der Waals surface area contributed by atoms with Crippen molar-refractivity contribution in [2.75, 3.05) is 14.2 Å². The molecule has 0 fully saturated rings. The molecule has 0 amide bonds. The lowest BCUT2D eigenvalue weighted by Gasteiger charge is -2.19. The van der Waals surface area contributed by atoms with Crippen molar-refractivity contribution < 1.29 is 17.5 Å². The molecule has 6 heteroatoms. The van der Waals surface area contributed by atoms with E-state index in [-0.39, 0.29) is 17.3 Å². The summed E-state index contributed by atoms with van der Waals surface area (Å²) < 4.78 is 44.7. The van der Waals surface area contributed by atoms with Crippen LogP contribution < -0.4 is 4.74 Å². The van der Waals surface area contributed by atoms with E-state index in [9.17, 15) is 12.8 Å². The summed E-state index contributed by atoms with van der Waals surface area (Å²) in [6.07, 6.45) is 0. The molecule has 22 heavy (non-hydrogen) atoms. The molecule has 0 aliphatic heterocycles. The number of hydrogen-bond donors (Lipinski definition) is 0. The Kier molecular flexibility index (Phi) is 4.83. The third-order valence-electron chi connectivity index (χ3n) is 3.33. The number of halogens is 1. The molecule has 0 N–H and O–H groups in total. The fourth-order valence-electron chi connectivity index (χ4n) is 2.09. The average Bonchev–Trinajstić information content (AvgIpc) is 2.49. The van der Waals surface area contributed by atoms with Crippen LogP contribution in [0.15, 0.2) is 47.4 Å². The Morgan fingerprint density at radius 3 is 2.36 bits per heavy atom. The highest BCUT2D eigenvalue weighted by molar-refractivity contribution is 7.89. The van der Waals surface area contributed by atoms with Gasteiger partial charge in [-0.05, 0) is 42.3 Å². The van der Waals surface area contributed by atoms with Gasteiger partial charge in [-0.15, -0.1) is 0 Å². The first kappa shape index (κ1) is 16.5. The van der Waals surface area contributed by atoms with Crippen molar-refractivity contribution in [3.8, 4) is 5.75 Å². The largest absolute Gasteiger partial charge is 0.495 e. The minimum Gasteiger partial charge on any atom is -0.495 e. The van der Waals surface area contributed by atoms with E-state index in [0.29, 0.717) is 11.3 Å². The SMILES string of the molecule is COc1ccc(C)cc1S(=O)(=O)N(C)Cc1ccc(F)cc1. The summed E-state index contributed by atoms with van der Waals surface area (Å²) in [5.41, 5.74) is 1.54. The molecular formula is C16H18FNO3S. The van der Waals surface area contributed by atoms with Crippen LogP contribution in [0.1, 0.15) is 11.1 Å². The summed E-state index contributed by atoms with van der Waals surface area (Å²) in [5.74, 6) is -0.0498. The van der Waals surface area contributed by atoms with Crippen molar-refractivity contribution in [1.29, 1.82) is 0 Å². The molecule has 0 aromatic heterocycles. The second-order valence-corrected chi connectivity index (χ2v) is 7.06. The summed E-state index contributed by atoms with van der Waals surface area (Å²) in [5, 5.41) is 0. The third-order valence-corrected chi connectivity index (χ3v) is 5.15. The molecule has 2 aromatic carbocycles.